The highest BCUT2D eigenvalue weighted by Gasteiger charge is 2.16. The van der Waals surface area contributed by atoms with Crippen molar-refractivity contribution in [3.05, 3.63) is 29.3 Å². The van der Waals surface area contributed by atoms with Crippen molar-refractivity contribution in [2.75, 3.05) is 5.32 Å². The molecule has 4 heteroatoms. The van der Waals surface area contributed by atoms with E-state index in [1.165, 1.54) is 0 Å². The zero-order valence-electron chi connectivity index (χ0n) is 10.3. The van der Waals surface area contributed by atoms with E-state index in [0.29, 0.717) is 5.69 Å². The Labute approximate surface area is 101 Å². The van der Waals surface area contributed by atoms with Gasteiger partial charge in [0.15, 0.2) is 0 Å². The summed E-state index contributed by atoms with van der Waals surface area (Å²) in [6.07, 6.45) is -0.156. The summed E-state index contributed by atoms with van der Waals surface area (Å²) in [6, 6.07) is 5.73. The Morgan fingerprint density at radius 2 is 1.76 bits per heavy atom. The lowest BCUT2D eigenvalue weighted by Gasteiger charge is -2.11. The van der Waals surface area contributed by atoms with E-state index in [0.717, 1.165) is 11.1 Å². The minimum Gasteiger partial charge on any atom is -0.481 e. The molecule has 92 valence electrons. The molecule has 1 rings (SSSR count). The van der Waals surface area contributed by atoms with E-state index in [4.69, 9.17) is 5.11 Å². The molecule has 1 amide bonds. The number of hydrogen-bond donors (Lipinski definition) is 2. The standard InChI is InChI=1S/C13H17NO3/c1-8-4-9(2)6-11(5-8)14-13(17)10(3)7-12(15)16/h4-6,10H,7H2,1-3H3,(H,14,17)(H,15,16). The lowest BCUT2D eigenvalue weighted by atomic mass is 10.1. The number of aryl methyl sites for hydroxylation is 2. The summed E-state index contributed by atoms with van der Waals surface area (Å²) in [6.45, 7) is 5.50. The Hall–Kier alpha value is -1.84. The van der Waals surface area contributed by atoms with Gasteiger partial charge in [-0.3, -0.25) is 9.59 Å². The van der Waals surface area contributed by atoms with Crippen LogP contribution in [-0.4, -0.2) is 17.0 Å². The molecule has 0 aliphatic carbocycles. The fraction of sp³-hybridized carbons (Fsp3) is 0.385. The molecule has 1 aromatic carbocycles. The van der Waals surface area contributed by atoms with Crippen molar-refractivity contribution in [1.82, 2.24) is 0 Å². The molecular weight excluding hydrogens is 218 g/mol. The molecule has 0 bridgehead atoms. The van der Waals surface area contributed by atoms with Crippen molar-refractivity contribution in [1.29, 1.82) is 0 Å². The molecule has 2 N–H and O–H groups in total. The maximum atomic E-state index is 11.7. The van der Waals surface area contributed by atoms with E-state index in [9.17, 15) is 9.59 Å². The molecule has 0 aliphatic rings. The van der Waals surface area contributed by atoms with Gasteiger partial charge >= 0.3 is 5.97 Å². The van der Waals surface area contributed by atoms with Crippen LogP contribution in [0, 0.1) is 19.8 Å². The van der Waals surface area contributed by atoms with Gasteiger partial charge in [0.1, 0.15) is 0 Å². The summed E-state index contributed by atoms with van der Waals surface area (Å²) in [5.41, 5.74) is 2.84. The number of nitrogens with one attached hydrogen (secondary N) is 1. The van der Waals surface area contributed by atoms with Crippen molar-refractivity contribution in [3.63, 3.8) is 0 Å². The second-order valence-electron chi connectivity index (χ2n) is 4.36. The quantitative estimate of drug-likeness (QED) is 0.841. The molecule has 0 saturated heterocycles. The van der Waals surface area contributed by atoms with Gasteiger partial charge in [-0.25, -0.2) is 0 Å². The van der Waals surface area contributed by atoms with Crippen molar-refractivity contribution in [2.45, 2.75) is 27.2 Å². The summed E-state index contributed by atoms with van der Waals surface area (Å²) in [5, 5.41) is 11.3. The third kappa shape index (κ3) is 4.26. The average molecular weight is 235 g/mol. The van der Waals surface area contributed by atoms with Crippen molar-refractivity contribution in [3.8, 4) is 0 Å². The van der Waals surface area contributed by atoms with Gasteiger partial charge in [0.25, 0.3) is 0 Å². The Bertz CT molecular complexity index is 420. The highest BCUT2D eigenvalue weighted by molar-refractivity contribution is 5.94. The average Bonchev–Trinajstić information content (AvgIpc) is 2.14. The van der Waals surface area contributed by atoms with Gasteiger partial charge < -0.3 is 10.4 Å². The Balaban J connectivity index is 2.70. The first kappa shape index (κ1) is 13.2. The molecule has 0 radical (unpaired) electrons. The SMILES string of the molecule is Cc1cc(C)cc(NC(=O)C(C)CC(=O)O)c1. The van der Waals surface area contributed by atoms with Crippen LogP contribution in [0.5, 0.6) is 0 Å². The van der Waals surface area contributed by atoms with Crippen molar-refractivity contribution >= 4 is 17.6 Å². The monoisotopic (exact) mass is 235 g/mol. The summed E-state index contributed by atoms with van der Waals surface area (Å²) in [7, 11) is 0. The normalized spacial score (nSPS) is 11.9. The summed E-state index contributed by atoms with van der Waals surface area (Å²) in [4.78, 5) is 22.2. The maximum Gasteiger partial charge on any atom is 0.304 e. The Morgan fingerprint density at radius 1 is 1.24 bits per heavy atom. The molecule has 4 nitrogen and oxygen atoms in total. The van der Waals surface area contributed by atoms with Crippen LogP contribution in [0.15, 0.2) is 18.2 Å². The van der Waals surface area contributed by atoms with Crippen LogP contribution >= 0.6 is 0 Å². The molecule has 0 aromatic heterocycles. The van der Waals surface area contributed by atoms with Crippen LogP contribution in [0.4, 0.5) is 5.69 Å². The van der Waals surface area contributed by atoms with Gasteiger partial charge in [0, 0.05) is 11.6 Å². The van der Waals surface area contributed by atoms with E-state index in [2.05, 4.69) is 5.32 Å². The summed E-state index contributed by atoms with van der Waals surface area (Å²) in [5.74, 6) is -1.77. The summed E-state index contributed by atoms with van der Waals surface area (Å²) >= 11 is 0. The zero-order valence-corrected chi connectivity index (χ0v) is 10.3. The number of carbonyl (C=O) groups excluding carboxylic acids is 1. The van der Waals surface area contributed by atoms with Crippen molar-refractivity contribution < 1.29 is 14.7 Å². The van der Waals surface area contributed by atoms with Gasteiger partial charge in [-0.05, 0) is 37.1 Å². The van der Waals surface area contributed by atoms with E-state index >= 15 is 0 Å². The van der Waals surface area contributed by atoms with Crippen LogP contribution in [0.2, 0.25) is 0 Å². The third-order valence-electron chi connectivity index (χ3n) is 2.42. The number of rotatable bonds is 4. The fourth-order valence-corrected chi connectivity index (χ4v) is 1.67. The Morgan fingerprint density at radius 3 is 2.24 bits per heavy atom. The molecule has 1 atom stereocenters. The second-order valence-corrected chi connectivity index (χ2v) is 4.36. The van der Waals surface area contributed by atoms with E-state index in [-0.39, 0.29) is 12.3 Å². The first-order valence-electron chi connectivity index (χ1n) is 5.49. The van der Waals surface area contributed by atoms with Crippen molar-refractivity contribution in [2.24, 2.45) is 5.92 Å². The highest BCUT2D eigenvalue weighted by atomic mass is 16.4. The molecule has 0 spiro atoms. The van der Waals surface area contributed by atoms with Crippen LogP contribution in [0.3, 0.4) is 0 Å². The highest BCUT2D eigenvalue weighted by Crippen LogP contribution is 2.15. The summed E-state index contributed by atoms with van der Waals surface area (Å²) < 4.78 is 0. The molecule has 0 aliphatic heterocycles. The Kier molecular flexibility index (Phi) is 4.26. The topological polar surface area (TPSA) is 66.4 Å². The first-order chi connectivity index (χ1) is 7.88. The number of aliphatic carboxylic acids is 1. The number of carboxylic acids is 1. The fourth-order valence-electron chi connectivity index (χ4n) is 1.67. The van der Waals surface area contributed by atoms with Gasteiger partial charge in [0.05, 0.1) is 6.42 Å². The number of anilines is 1. The molecule has 0 fully saturated rings. The minimum atomic E-state index is -0.965. The predicted molar refractivity (Wildman–Crippen MR) is 66.0 cm³/mol. The zero-order chi connectivity index (χ0) is 13.0. The van der Waals surface area contributed by atoms with Crippen LogP contribution < -0.4 is 5.32 Å². The molecule has 1 unspecified atom stereocenters. The molecule has 0 saturated carbocycles. The lowest BCUT2D eigenvalue weighted by molar-refractivity contribution is -0.139. The number of amides is 1. The molecule has 0 heterocycles. The van der Waals surface area contributed by atoms with E-state index < -0.39 is 11.9 Å². The number of carbonyl (C=O) groups is 2. The molecule has 1 aromatic rings. The van der Waals surface area contributed by atoms with Crippen LogP contribution in [-0.2, 0) is 9.59 Å². The minimum absolute atomic E-state index is 0.156. The number of benzene rings is 1. The van der Waals surface area contributed by atoms with Gasteiger partial charge in [-0.2, -0.15) is 0 Å². The van der Waals surface area contributed by atoms with E-state index in [1.807, 2.05) is 32.0 Å². The van der Waals surface area contributed by atoms with E-state index in [1.54, 1.807) is 6.92 Å². The second kappa shape index (κ2) is 5.48. The van der Waals surface area contributed by atoms with Gasteiger partial charge in [-0.15, -0.1) is 0 Å². The van der Waals surface area contributed by atoms with Gasteiger partial charge in [0.2, 0.25) is 5.91 Å². The van der Waals surface area contributed by atoms with Gasteiger partial charge in [-0.1, -0.05) is 13.0 Å². The number of hydrogen-bond acceptors (Lipinski definition) is 2. The predicted octanol–water partition coefficient (Wildman–Crippen LogP) is 2.35. The maximum absolute atomic E-state index is 11.7. The first-order valence-corrected chi connectivity index (χ1v) is 5.49. The molecular formula is C13H17NO3. The third-order valence-corrected chi connectivity index (χ3v) is 2.42. The largest absolute Gasteiger partial charge is 0.481 e. The number of carboxylic acid groups (broad SMARTS) is 1. The van der Waals surface area contributed by atoms with Crippen LogP contribution in [0.1, 0.15) is 24.5 Å². The van der Waals surface area contributed by atoms with Crippen LogP contribution in [0.25, 0.3) is 0 Å². The molecule has 17 heavy (non-hydrogen) atoms. The lowest BCUT2D eigenvalue weighted by Crippen LogP contribution is -2.22. The smallest absolute Gasteiger partial charge is 0.304 e.